The summed E-state index contributed by atoms with van der Waals surface area (Å²) in [5.41, 5.74) is 0.862. The van der Waals surface area contributed by atoms with Crippen LogP contribution in [-0.4, -0.2) is 23.1 Å². The van der Waals surface area contributed by atoms with Crippen molar-refractivity contribution in [3.63, 3.8) is 0 Å². The lowest BCUT2D eigenvalue weighted by molar-refractivity contribution is 0.161. The Morgan fingerprint density at radius 2 is 1.68 bits per heavy atom. The summed E-state index contributed by atoms with van der Waals surface area (Å²) in [6.07, 6.45) is 0.131. The van der Waals surface area contributed by atoms with Crippen molar-refractivity contribution in [2.75, 3.05) is 12.4 Å². The van der Waals surface area contributed by atoms with Crippen LogP contribution in [0.25, 0.3) is 0 Å². The molecule has 0 saturated heterocycles. The highest BCUT2D eigenvalue weighted by molar-refractivity contribution is 5.48. The first-order valence-corrected chi connectivity index (χ1v) is 6.90. The fraction of sp³-hybridized carbons (Fsp3) is 0.733. The first-order valence-electron chi connectivity index (χ1n) is 6.90. The molecule has 4 nitrogen and oxygen atoms in total. The number of aromatic nitrogens is 2. The fourth-order valence-electron chi connectivity index (χ4n) is 1.50. The molecule has 0 aliphatic heterocycles. The van der Waals surface area contributed by atoms with E-state index in [9.17, 15) is 0 Å². The molecule has 0 amide bonds. The normalized spacial score (nSPS) is 13.5. The fourth-order valence-corrected chi connectivity index (χ4v) is 1.50. The zero-order valence-corrected chi connectivity index (χ0v) is 13.5. The number of hydrogen-bond donors (Lipinski definition) is 1. The molecule has 1 unspecified atom stereocenters. The third-order valence-electron chi connectivity index (χ3n) is 3.25. The third-order valence-corrected chi connectivity index (χ3v) is 3.25. The molecular weight excluding hydrogens is 238 g/mol. The topological polar surface area (TPSA) is 47.0 Å². The predicted molar refractivity (Wildman–Crippen MR) is 79.9 cm³/mol. The minimum absolute atomic E-state index is 0.0987. The lowest BCUT2D eigenvalue weighted by Crippen LogP contribution is -2.23. The summed E-state index contributed by atoms with van der Waals surface area (Å²) in [7, 11) is 1.87. The SMILES string of the molecule is CNc1nc(C(C)(C)C)nc(OC(C)C(C)C)c1C. The molecule has 0 aromatic carbocycles. The van der Waals surface area contributed by atoms with Crippen LogP contribution in [0.2, 0.25) is 0 Å². The zero-order chi connectivity index (χ0) is 14.8. The van der Waals surface area contributed by atoms with E-state index in [4.69, 9.17) is 4.74 Å². The van der Waals surface area contributed by atoms with Gasteiger partial charge in [-0.3, -0.25) is 0 Å². The molecule has 0 spiro atoms. The van der Waals surface area contributed by atoms with Crippen LogP contribution in [0.4, 0.5) is 5.82 Å². The number of hydrogen-bond acceptors (Lipinski definition) is 4. The number of nitrogens with one attached hydrogen (secondary N) is 1. The second kappa shape index (κ2) is 5.76. The van der Waals surface area contributed by atoms with Crippen LogP contribution < -0.4 is 10.1 Å². The number of anilines is 1. The van der Waals surface area contributed by atoms with Crippen LogP contribution in [0, 0.1) is 12.8 Å². The van der Waals surface area contributed by atoms with Crippen molar-refractivity contribution in [3.8, 4) is 5.88 Å². The molecule has 19 heavy (non-hydrogen) atoms. The minimum Gasteiger partial charge on any atom is -0.474 e. The summed E-state index contributed by atoms with van der Waals surface area (Å²) in [6, 6.07) is 0. The average Bonchev–Trinajstić information content (AvgIpc) is 2.29. The van der Waals surface area contributed by atoms with E-state index in [1.165, 1.54) is 0 Å². The van der Waals surface area contributed by atoms with Crippen LogP contribution in [0.1, 0.15) is 52.9 Å². The summed E-state index contributed by atoms with van der Waals surface area (Å²) in [6.45, 7) is 14.7. The van der Waals surface area contributed by atoms with E-state index in [0.717, 1.165) is 17.2 Å². The van der Waals surface area contributed by atoms with Gasteiger partial charge in [0.2, 0.25) is 5.88 Å². The van der Waals surface area contributed by atoms with Crippen molar-refractivity contribution in [3.05, 3.63) is 11.4 Å². The molecule has 1 aromatic rings. The largest absolute Gasteiger partial charge is 0.474 e. The summed E-state index contributed by atoms with van der Waals surface area (Å²) >= 11 is 0. The van der Waals surface area contributed by atoms with Gasteiger partial charge in [-0.1, -0.05) is 34.6 Å². The van der Waals surface area contributed by atoms with Crippen molar-refractivity contribution in [2.45, 2.75) is 60.0 Å². The Morgan fingerprint density at radius 3 is 2.11 bits per heavy atom. The maximum absolute atomic E-state index is 5.99. The highest BCUT2D eigenvalue weighted by Gasteiger charge is 2.22. The second-order valence-corrected chi connectivity index (χ2v) is 6.39. The molecule has 0 radical (unpaired) electrons. The molecule has 0 aliphatic carbocycles. The highest BCUT2D eigenvalue weighted by Crippen LogP contribution is 2.28. The second-order valence-electron chi connectivity index (χ2n) is 6.39. The van der Waals surface area contributed by atoms with Gasteiger partial charge in [-0.15, -0.1) is 0 Å². The van der Waals surface area contributed by atoms with E-state index < -0.39 is 0 Å². The molecular formula is C15H27N3O. The van der Waals surface area contributed by atoms with Crippen LogP contribution in [0.15, 0.2) is 0 Å². The van der Waals surface area contributed by atoms with Crippen LogP contribution >= 0.6 is 0 Å². The molecule has 0 bridgehead atoms. The summed E-state index contributed by atoms with van der Waals surface area (Å²) < 4.78 is 5.99. The van der Waals surface area contributed by atoms with E-state index in [1.807, 2.05) is 14.0 Å². The molecule has 0 aliphatic rings. The first-order chi connectivity index (χ1) is 8.66. The number of rotatable bonds is 4. The number of ether oxygens (including phenoxy) is 1. The first kappa shape index (κ1) is 15.7. The Morgan fingerprint density at radius 1 is 1.11 bits per heavy atom. The molecule has 1 N–H and O–H groups in total. The van der Waals surface area contributed by atoms with Crippen molar-refractivity contribution in [2.24, 2.45) is 5.92 Å². The van der Waals surface area contributed by atoms with Crippen molar-refractivity contribution in [1.29, 1.82) is 0 Å². The molecule has 0 saturated carbocycles. The van der Waals surface area contributed by atoms with E-state index in [-0.39, 0.29) is 11.5 Å². The van der Waals surface area contributed by atoms with Gasteiger partial charge < -0.3 is 10.1 Å². The van der Waals surface area contributed by atoms with Gasteiger partial charge in [-0.05, 0) is 19.8 Å². The molecule has 108 valence electrons. The Hall–Kier alpha value is -1.32. The molecule has 1 aromatic heterocycles. The van der Waals surface area contributed by atoms with Gasteiger partial charge in [0, 0.05) is 12.5 Å². The molecule has 1 atom stereocenters. The Bertz CT molecular complexity index is 436. The van der Waals surface area contributed by atoms with Crippen LogP contribution in [-0.2, 0) is 5.41 Å². The van der Waals surface area contributed by atoms with E-state index >= 15 is 0 Å². The monoisotopic (exact) mass is 265 g/mol. The minimum atomic E-state index is -0.0987. The Balaban J connectivity index is 3.22. The molecule has 4 heteroatoms. The van der Waals surface area contributed by atoms with Crippen molar-refractivity contribution in [1.82, 2.24) is 9.97 Å². The lowest BCUT2D eigenvalue weighted by atomic mass is 9.95. The summed E-state index contributed by atoms with van der Waals surface area (Å²) in [5, 5.41) is 3.12. The van der Waals surface area contributed by atoms with Gasteiger partial charge in [-0.2, -0.15) is 4.98 Å². The standard InChI is InChI=1S/C15H27N3O/c1-9(2)11(4)19-13-10(3)12(16-8)17-14(18-13)15(5,6)7/h9,11H,1-8H3,(H,16,17,18). The van der Waals surface area contributed by atoms with Gasteiger partial charge in [-0.25, -0.2) is 4.98 Å². The average molecular weight is 265 g/mol. The smallest absolute Gasteiger partial charge is 0.222 e. The predicted octanol–water partition coefficient (Wildman–Crippen LogP) is 3.55. The maximum Gasteiger partial charge on any atom is 0.222 e. The van der Waals surface area contributed by atoms with Gasteiger partial charge in [0.1, 0.15) is 11.6 Å². The molecule has 1 rings (SSSR count). The van der Waals surface area contributed by atoms with Crippen molar-refractivity contribution < 1.29 is 4.74 Å². The van der Waals surface area contributed by atoms with E-state index in [2.05, 4.69) is 56.8 Å². The van der Waals surface area contributed by atoms with Gasteiger partial charge in [0.25, 0.3) is 0 Å². The van der Waals surface area contributed by atoms with Gasteiger partial charge in [0.05, 0.1) is 11.7 Å². The highest BCUT2D eigenvalue weighted by atomic mass is 16.5. The summed E-state index contributed by atoms with van der Waals surface area (Å²) in [5.74, 6) is 2.77. The quantitative estimate of drug-likeness (QED) is 0.904. The van der Waals surface area contributed by atoms with Crippen LogP contribution in [0.5, 0.6) is 5.88 Å². The Kier molecular flexibility index (Phi) is 4.77. The van der Waals surface area contributed by atoms with Gasteiger partial charge >= 0.3 is 0 Å². The zero-order valence-electron chi connectivity index (χ0n) is 13.5. The Labute approximate surface area is 117 Å². The van der Waals surface area contributed by atoms with E-state index in [0.29, 0.717) is 11.8 Å². The molecule has 0 fully saturated rings. The van der Waals surface area contributed by atoms with Crippen LogP contribution in [0.3, 0.4) is 0 Å². The molecule has 1 heterocycles. The third kappa shape index (κ3) is 3.82. The number of nitrogens with zero attached hydrogens (tertiary/aromatic N) is 2. The van der Waals surface area contributed by atoms with Crippen molar-refractivity contribution >= 4 is 5.82 Å². The maximum atomic E-state index is 5.99. The lowest BCUT2D eigenvalue weighted by Gasteiger charge is -2.23. The summed E-state index contributed by atoms with van der Waals surface area (Å²) in [4.78, 5) is 9.17. The van der Waals surface area contributed by atoms with E-state index in [1.54, 1.807) is 0 Å². The van der Waals surface area contributed by atoms with Gasteiger partial charge in [0.15, 0.2) is 0 Å².